The van der Waals surface area contributed by atoms with Gasteiger partial charge in [-0.05, 0) is 24.6 Å². The Labute approximate surface area is 77.5 Å². The topological polar surface area (TPSA) is 37.3 Å². The number of allylic oxidation sites excluding steroid dienone is 1. The van der Waals surface area contributed by atoms with Crippen LogP contribution in [0.5, 0.6) is 0 Å². The highest BCUT2D eigenvalue weighted by Gasteiger charge is 2.00. The zero-order valence-electron chi connectivity index (χ0n) is 7.47. The van der Waals surface area contributed by atoms with E-state index in [-0.39, 0.29) is 5.78 Å². The van der Waals surface area contributed by atoms with Crippen LogP contribution in [0, 0.1) is 0 Å². The van der Waals surface area contributed by atoms with E-state index in [4.69, 9.17) is 0 Å². The van der Waals surface area contributed by atoms with Crippen LogP contribution in [-0.4, -0.2) is 10.9 Å². The van der Waals surface area contributed by atoms with Crippen molar-refractivity contribution < 1.29 is 9.90 Å². The highest BCUT2D eigenvalue weighted by atomic mass is 16.3. The summed E-state index contributed by atoms with van der Waals surface area (Å²) in [4.78, 5) is 10.6. The molecule has 1 N–H and O–H groups in total. The second-order valence-electron chi connectivity index (χ2n) is 2.83. The largest absolute Gasteiger partial charge is 0.384 e. The summed E-state index contributed by atoms with van der Waals surface area (Å²) < 4.78 is 0. The van der Waals surface area contributed by atoms with E-state index in [2.05, 4.69) is 0 Å². The zero-order valence-corrected chi connectivity index (χ0v) is 7.47. The average molecular weight is 176 g/mol. The third kappa shape index (κ3) is 3.22. The molecule has 1 rings (SSSR count). The summed E-state index contributed by atoms with van der Waals surface area (Å²) in [5.41, 5.74) is 0.792. The number of hydrogen-bond acceptors (Lipinski definition) is 2. The maximum Gasteiger partial charge on any atom is 0.152 e. The molecule has 0 bridgehead atoms. The Balaban J connectivity index is 2.69. The first-order valence-corrected chi connectivity index (χ1v) is 4.12. The van der Waals surface area contributed by atoms with Gasteiger partial charge in [-0.1, -0.05) is 30.3 Å². The van der Waals surface area contributed by atoms with Crippen molar-refractivity contribution >= 4 is 5.78 Å². The minimum Gasteiger partial charge on any atom is -0.384 e. The third-order valence-electron chi connectivity index (χ3n) is 1.65. The normalized spacial score (nSPS) is 13.1. The number of carbonyl (C=O) groups excluding carboxylic acids is 1. The number of carbonyl (C=O) groups is 1. The van der Waals surface area contributed by atoms with Crippen LogP contribution >= 0.6 is 0 Å². The Morgan fingerprint density at radius 2 is 2.00 bits per heavy atom. The second kappa shape index (κ2) is 4.58. The zero-order chi connectivity index (χ0) is 9.68. The summed E-state index contributed by atoms with van der Waals surface area (Å²) in [6.07, 6.45) is 2.17. The highest BCUT2D eigenvalue weighted by molar-refractivity contribution is 5.87. The van der Waals surface area contributed by atoms with E-state index in [1.807, 2.05) is 30.3 Å². The van der Waals surface area contributed by atoms with Crippen LogP contribution in [0.15, 0.2) is 42.5 Å². The summed E-state index contributed by atoms with van der Waals surface area (Å²) in [7, 11) is 0. The standard InChI is InChI=1S/C11H12O2/c1-9(12)7-8-11(13)10-5-3-2-4-6-10/h2-8,11,13H,1H3/b8-7+/t11-/m0/s1. The van der Waals surface area contributed by atoms with Crippen molar-refractivity contribution in [2.45, 2.75) is 13.0 Å². The molecule has 13 heavy (non-hydrogen) atoms. The molecule has 0 saturated heterocycles. The maximum atomic E-state index is 10.6. The van der Waals surface area contributed by atoms with Gasteiger partial charge in [0.1, 0.15) is 0 Å². The number of hydrogen-bond donors (Lipinski definition) is 1. The minimum atomic E-state index is -0.690. The summed E-state index contributed by atoms with van der Waals surface area (Å²) in [5, 5.41) is 9.53. The molecular formula is C11H12O2. The molecule has 0 aliphatic rings. The van der Waals surface area contributed by atoms with E-state index in [1.165, 1.54) is 19.1 Å². The first-order valence-electron chi connectivity index (χ1n) is 4.12. The lowest BCUT2D eigenvalue weighted by Gasteiger charge is -2.03. The summed E-state index contributed by atoms with van der Waals surface area (Å²) in [6.45, 7) is 1.45. The number of benzene rings is 1. The number of aliphatic hydroxyl groups excluding tert-OH is 1. The Kier molecular flexibility index (Phi) is 3.41. The van der Waals surface area contributed by atoms with Crippen molar-refractivity contribution in [3.05, 3.63) is 48.0 Å². The summed E-state index contributed by atoms with van der Waals surface area (Å²) in [6, 6.07) is 9.20. The molecule has 0 aliphatic carbocycles. The fraction of sp³-hybridized carbons (Fsp3) is 0.182. The van der Waals surface area contributed by atoms with Gasteiger partial charge in [0.25, 0.3) is 0 Å². The van der Waals surface area contributed by atoms with E-state index in [9.17, 15) is 9.90 Å². The van der Waals surface area contributed by atoms with Gasteiger partial charge in [-0.2, -0.15) is 0 Å². The fourth-order valence-electron chi connectivity index (χ4n) is 0.988. The van der Waals surface area contributed by atoms with Gasteiger partial charge in [0, 0.05) is 0 Å². The van der Waals surface area contributed by atoms with Gasteiger partial charge in [0.15, 0.2) is 5.78 Å². The molecular weight excluding hydrogens is 164 g/mol. The molecule has 0 spiro atoms. The van der Waals surface area contributed by atoms with Gasteiger partial charge in [-0.3, -0.25) is 4.79 Å². The van der Waals surface area contributed by atoms with Crippen molar-refractivity contribution in [2.24, 2.45) is 0 Å². The summed E-state index contributed by atoms with van der Waals surface area (Å²) >= 11 is 0. The van der Waals surface area contributed by atoms with Crippen LogP contribution in [-0.2, 0) is 4.79 Å². The highest BCUT2D eigenvalue weighted by Crippen LogP contribution is 2.12. The predicted octanol–water partition coefficient (Wildman–Crippen LogP) is 1.87. The second-order valence-corrected chi connectivity index (χ2v) is 2.83. The quantitative estimate of drug-likeness (QED) is 0.714. The molecule has 0 heterocycles. The summed E-state index contributed by atoms with van der Waals surface area (Å²) in [5.74, 6) is -0.0602. The minimum absolute atomic E-state index is 0.0602. The molecule has 0 fully saturated rings. The molecule has 68 valence electrons. The van der Waals surface area contributed by atoms with Gasteiger partial charge >= 0.3 is 0 Å². The van der Waals surface area contributed by atoms with Gasteiger partial charge in [-0.25, -0.2) is 0 Å². The Bertz CT molecular complexity index is 301. The molecule has 2 nitrogen and oxygen atoms in total. The van der Waals surface area contributed by atoms with Gasteiger partial charge in [0.2, 0.25) is 0 Å². The van der Waals surface area contributed by atoms with Crippen LogP contribution in [0.2, 0.25) is 0 Å². The van der Waals surface area contributed by atoms with Crippen molar-refractivity contribution in [1.29, 1.82) is 0 Å². The number of aliphatic hydroxyl groups is 1. The molecule has 0 saturated carbocycles. The van der Waals surface area contributed by atoms with E-state index in [1.54, 1.807) is 0 Å². The van der Waals surface area contributed by atoms with Gasteiger partial charge in [0.05, 0.1) is 6.10 Å². The van der Waals surface area contributed by atoms with Crippen LogP contribution in [0.1, 0.15) is 18.6 Å². The molecule has 1 aromatic rings. The van der Waals surface area contributed by atoms with Crippen LogP contribution in [0.4, 0.5) is 0 Å². The lowest BCUT2D eigenvalue weighted by atomic mass is 10.1. The molecule has 0 unspecified atom stereocenters. The van der Waals surface area contributed by atoms with Crippen LogP contribution < -0.4 is 0 Å². The van der Waals surface area contributed by atoms with Crippen molar-refractivity contribution in [3.63, 3.8) is 0 Å². The van der Waals surface area contributed by atoms with E-state index in [0.29, 0.717) is 0 Å². The van der Waals surface area contributed by atoms with Gasteiger partial charge < -0.3 is 5.11 Å². The average Bonchev–Trinajstić information content (AvgIpc) is 2.15. The smallest absolute Gasteiger partial charge is 0.152 e. The molecule has 0 amide bonds. The fourth-order valence-corrected chi connectivity index (χ4v) is 0.988. The monoisotopic (exact) mass is 176 g/mol. The third-order valence-corrected chi connectivity index (χ3v) is 1.65. The first-order chi connectivity index (χ1) is 6.20. The Morgan fingerprint density at radius 3 is 2.54 bits per heavy atom. The molecule has 0 aliphatic heterocycles. The molecule has 0 aromatic heterocycles. The lowest BCUT2D eigenvalue weighted by molar-refractivity contribution is -0.112. The van der Waals surface area contributed by atoms with E-state index >= 15 is 0 Å². The molecule has 2 heteroatoms. The maximum absolute atomic E-state index is 10.6. The predicted molar refractivity (Wildman–Crippen MR) is 51.2 cm³/mol. The van der Waals surface area contributed by atoms with E-state index in [0.717, 1.165) is 5.56 Å². The Morgan fingerprint density at radius 1 is 1.38 bits per heavy atom. The molecule has 0 radical (unpaired) electrons. The van der Waals surface area contributed by atoms with Crippen LogP contribution in [0.3, 0.4) is 0 Å². The molecule has 1 aromatic carbocycles. The number of ketones is 1. The number of rotatable bonds is 3. The first kappa shape index (κ1) is 9.68. The van der Waals surface area contributed by atoms with Gasteiger partial charge in [-0.15, -0.1) is 0 Å². The van der Waals surface area contributed by atoms with Crippen LogP contribution in [0.25, 0.3) is 0 Å². The van der Waals surface area contributed by atoms with Crippen molar-refractivity contribution in [3.8, 4) is 0 Å². The Hall–Kier alpha value is -1.41. The van der Waals surface area contributed by atoms with Crippen molar-refractivity contribution in [2.75, 3.05) is 0 Å². The van der Waals surface area contributed by atoms with E-state index < -0.39 is 6.10 Å². The van der Waals surface area contributed by atoms with Crippen molar-refractivity contribution in [1.82, 2.24) is 0 Å². The molecule has 1 atom stereocenters. The lowest BCUT2D eigenvalue weighted by Crippen LogP contribution is -1.93. The SMILES string of the molecule is CC(=O)/C=C/[C@H](O)c1ccccc1.